The van der Waals surface area contributed by atoms with E-state index in [-0.39, 0.29) is 36.7 Å². The Labute approximate surface area is 151 Å². The van der Waals surface area contributed by atoms with Crippen molar-refractivity contribution in [2.45, 2.75) is 31.4 Å². The molecule has 3 atom stereocenters. The number of aliphatic hydroxyl groups excluding tert-OH is 2. The second-order valence-electron chi connectivity index (χ2n) is 6.36. The zero-order valence-electron chi connectivity index (χ0n) is 14.1. The van der Waals surface area contributed by atoms with Crippen molar-refractivity contribution in [3.05, 3.63) is 50.9 Å². The summed E-state index contributed by atoms with van der Waals surface area (Å²) in [6.07, 6.45) is 0.592. The van der Waals surface area contributed by atoms with Crippen LogP contribution in [0, 0.1) is 0 Å². The van der Waals surface area contributed by atoms with Gasteiger partial charge in [-0.1, -0.05) is 6.07 Å². The van der Waals surface area contributed by atoms with Gasteiger partial charge in [-0.15, -0.1) is 0 Å². The van der Waals surface area contributed by atoms with Gasteiger partial charge in [0.05, 0.1) is 19.3 Å². The lowest BCUT2D eigenvalue weighted by Gasteiger charge is -2.15. The number of anilines is 1. The van der Waals surface area contributed by atoms with E-state index in [4.69, 9.17) is 10.5 Å². The molecule has 0 aromatic carbocycles. The van der Waals surface area contributed by atoms with Crippen LogP contribution in [0.25, 0.3) is 11.2 Å². The van der Waals surface area contributed by atoms with Gasteiger partial charge in [0, 0.05) is 18.8 Å². The largest absolute Gasteiger partial charge is 0.394 e. The molecule has 27 heavy (non-hydrogen) atoms. The van der Waals surface area contributed by atoms with Crippen molar-refractivity contribution in [1.29, 1.82) is 0 Å². The Hall–Kier alpha value is -3.02. The van der Waals surface area contributed by atoms with Crippen molar-refractivity contribution in [1.82, 2.24) is 24.1 Å². The maximum Gasteiger partial charge on any atom is 0.333 e. The fourth-order valence-corrected chi connectivity index (χ4v) is 3.33. The quantitative estimate of drug-likeness (QED) is 0.431. The average Bonchev–Trinajstić information content (AvgIpc) is 3.13. The number of nitrogens with two attached hydrogens (primary N) is 1. The molecule has 0 spiro atoms. The van der Waals surface area contributed by atoms with Crippen molar-refractivity contribution in [3.8, 4) is 0 Å². The summed E-state index contributed by atoms with van der Waals surface area (Å²) in [6.45, 7) is -0.218. The molecule has 1 saturated heterocycles. The van der Waals surface area contributed by atoms with E-state index in [0.717, 1.165) is 4.57 Å². The second kappa shape index (κ2) is 6.61. The summed E-state index contributed by atoms with van der Waals surface area (Å²) in [5, 5.41) is 19.6. The SMILES string of the molecule is Nc1nc2c(c(=O)[nH]1)n(Cc1cccnc1)c(=O)n2[C@@H]1O[C@H](CO)C[C@H]1O. The lowest BCUT2D eigenvalue weighted by Crippen LogP contribution is -2.32. The minimum Gasteiger partial charge on any atom is -0.394 e. The summed E-state index contributed by atoms with van der Waals surface area (Å²) < 4.78 is 7.93. The molecule has 1 aliphatic rings. The fourth-order valence-electron chi connectivity index (χ4n) is 3.33. The average molecular weight is 374 g/mol. The van der Waals surface area contributed by atoms with E-state index in [9.17, 15) is 19.8 Å². The topological polar surface area (TPSA) is 161 Å². The number of rotatable bonds is 4. The highest BCUT2D eigenvalue weighted by atomic mass is 16.5. The monoisotopic (exact) mass is 374 g/mol. The van der Waals surface area contributed by atoms with Crippen LogP contribution in [0.4, 0.5) is 5.95 Å². The summed E-state index contributed by atoms with van der Waals surface area (Å²) >= 11 is 0. The van der Waals surface area contributed by atoms with Gasteiger partial charge in [0.2, 0.25) is 5.95 Å². The number of fused-ring (bicyclic) bond motifs is 1. The molecule has 0 aliphatic carbocycles. The van der Waals surface area contributed by atoms with Crippen LogP contribution in [-0.4, -0.2) is 53.1 Å². The van der Waals surface area contributed by atoms with E-state index in [1.165, 1.54) is 4.57 Å². The Kier molecular flexibility index (Phi) is 4.26. The molecule has 3 aromatic heterocycles. The van der Waals surface area contributed by atoms with Gasteiger partial charge in [-0.25, -0.2) is 9.36 Å². The number of pyridine rings is 1. The van der Waals surface area contributed by atoms with Crippen LogP contribution in [0.2, 0.25) is 0 Å². The third-order valence-corrected chi connectivity index (χ3v) is 4.52. The van der Waals surface area contributed by atoms with E-state index in [0.29, 0.717) is 5.56 Å². The molecular weight excluding hydrogens is 356 g/mol. The molecule has 1 aliphatic heterocycles. The highest BCUT2D eigenvalue weighted by Crippen LogP contribution is 2.29. The van der Waals surface area contributed by atoms with Crippen LogP contribution < -0.4 is 17.0 Å². The molecule has 0 amide bonds. The molecule has 11 nitrogen and oxygen atoms in total. The van der Waals surface area contributed by atoms with Gasteiger partial charge < -0.3 is 20.7 Å². The van der Waals surface area contributed by atoms with Crippen molar-refractivity contribution >= 4 is 17.1 Å². The third-order valence-electron chi connectivity index (χ3n) is 4.52. The maximum atomic E-state index is 13.1. The number of nitrogens with zero attached hydrogens (tertiary/aromatic N) is 4. The van der Waals surface area contributed by atoms with Crippen LogP contribution in [-0.2, 0) is 11.3 Å². The molecule has 11 heteroatoms. The number of hydrogen-bond acceptors (Lipinski definition) is 8. The Morgan fingerprint density at radius 2 is 2.22 bits per heavy atom. The fraction of sp³-hybridized carbons (Fsp3) is 0.375. The molecule has 0 saturated carbocycles. The van der Waals surface area contributed by atoms with E-state index in [1.54, 1.807) is 24.5 Å². The summed E-state index contributed by atoms with van der Waals surface area (Å²) in [4.78, 5) is 36.1. The van der Waals surface area contributed by atoms with Gasteiger partial charge in [-0.05, 0) is 11.6 Å². The number of nitrogen functional groups attached to an aromatic ring is 1. The first-order valence-corrected chi connectivity index (χ1v) is 8.33. The number of hydrogen-bond donors (Lipinski definition) is 4. The Bertz CT molecular complexity index is 1090. The molecule has 1 fully saturated rings. The third kappa shape index (κ3) is 2.91. The number of aromatic amines is 1. The number of imidazole rings is 1. The zero-order valence-corrected chi connectivity index (χ0v) is 14.1. The number of H-pyrrole nitrogens is 1. The number of ether oxygens (including phenoxy) is 1. The van der Waals surface area contributed by atoms with Crippen LogP contribution >= 0.6 is 0 Å². The minimum absolute atomic E-state index is 0.00720. The Balaban J connectivity index is 1.93. The van der Waals surface area contributed by atoms with E-state index >= 15 is 0 Å². The molecule has 3 aromatic rings. The first-order chi connectivity index (χ1) is 13.0. The summed E-state index contributed by atoms with van der Waals surface area (Å²) in [5.74, 6) is -0.161. The first kappa shape index (κ1) is 17.4. The molecular formula is C16H18N6O5. The number of aromatic nitrogens is 5. The molecule has 5 N–H and O–H groups in total. The predicted molar refractivity (Wildman–Crippen MR) is 94.0 cm³/mol. The van der Waals surface area contributed by atoms with Crippen molar-refractivity contribution in [2.75, 3.05) is 12.3 Å². The smallest absolute Gasteiger partial charge is 0.333 e. The van der Waals surface area contributed by atoms with E-state index < -0.39 is 29.7 Å². The summed E-state index contributed by atoms with van der Waals surface area (Å²) in [6, 6.07) is 3.49. The van der Waals surface area contributed by atoms with Crippen LogP contribution in [0.15, 0.2) is 34.1 Å². The van der Waals surface area contributed by atoms with Gasteiger partial charge in [0.1, 0.15) is 6.10 Å². The number of nitrogens with one attached hydrogen (secondary N) is 1. The van der Waals surface area contributed by atoms with Gasteiger partial charge in [-0.3, -0.25) is 19.3 Å². The maximum absolute atomic E-state index is 13.1. The molecule has 4 heterocycles. The van der Waals surface area contributed by atoms with E-state index in [2.05, 4.69) is 15.0 Å². The predicted octanol–water partition coefficient (Wildman–Crippen LogP) is -1.45. The highest BCUT2D eigenvalue weighted by molar-refractivity contribution is 5.72. The van der Waals surface area contributed by atoms with Gasteiger partial charge in [0.15, 0.2) is 17.4 Å². The molecule has 0 bridgehead atoms. The van der Waals surface area contributed by atoms with Crippen molar-refractivity contribution < 1.29 is 14.9 Å². The summed E-state index contributed by atoms with van der Waals surface area (Å²) in [7, 11) is 0. The Morgan fingerprint density at radius 3 is 2.89 bits per heavy atom. The highest BCUT2D eigenvalue weighted by Gasteiger charge is 2.38. The van der Waals surface area contributed by atoms with Gasteiger partial charge in [0.25, 0.3) is 5.56 Å². The minimum atomic E-state index is -1.08. The van der Waals surface area contributed by atoms with Crippen molar-refractivity contribution in [3.63, 3.8) is 0 Å². The Morgan fingerprint density at radius 1 is 1.41 bits per heavy atom. The van der Waals surface area contributed by atoms with Gasteiger partial charge >= 0.3 is 5.69 Å². The zero-order chi connectivity index (χ0) is 19.1. The normalized spacial score (nSPS) is 22.5. The lowest BCUT2D eigenvalue weighted by atomic mass is 10.2. The number of aliphatic hydroxyl groups is 2. The summed E-state index contributed by atoms with van der Waals surface area (Å²) in [5.41, 5.74) is 5.21. The molecule has 0 radical (unpaired) electrons. The lowest BCUT2D eigenvalue weighted by molar-refractivity contribution is -0.0505. The van der Waals surface area contributed by atoms with Crippen LogP contribution in [0.3, 0.4) is 0 Å². The first-order valence-electron chi connectivity index (χ1n) is 8.33. The van der Waals surface area contributed by atoms with Crippen LogP contribution in [0.5, 0.6) is 0 Å². The standard InChI is InChI=1S/C16H18N6O5/c17-15-19-12-11(13(25)20-15)21(6-8-2-1-3-18-5-8)16(26)22(12)14-10(24)4-9(7-23)27-14/h1-3,5,9-10,14,23-24H,4,6-7H2,(H3,17,19,20,25)/t9-,10+,14+/m0/s1. The van der Waals surface area contributed by atoms with Gasteiger partial charge in [-0.2, -0.15) is 4.98 Å². The van der Waals surface area contributed by atoms with E-state index in [1.807, 2.05) is 0 Å². The molecule has 142 valence electrons. The second-order valence-corrected chi connectivity index (χ2v) is 6.36. The van der Waals surface area contributed by atoms with Crippen LogP contribution in [0.1, 0.15) is 18.2 Å². The molecule has 0 unspecified atom stereocenters. The van der Waals surface area contributed by atoms with Crippen molar-refractivity contribution in [2.24, 2.45) is 0 Å². The molecule has 4 rings (SSSR count).